The average Bonchev–Trinajstić information content (AvgIpc) is 2.83. The molecule has 3 aromatic carbocycles. The van der Waals surface area contributed by atoms with Gasteiger partial charge >= 0.3 is 0 Å². The number of nitrogens with zero attached hydrogens (tertiary/aromatic N) is 1. The summed E-state index contributed by atoms with van der Waals surface area (Å²) in [6, 6.07) is 18.9. The second kappa shape index (κ2) is 13.3. The van der Waals surface area contributed by atoms with Crippen molar-refractivity contribution < 1.29 is 14.3 Å². The molecule has 0 aliphatic rings. The fourth-order valence-corrected chi connectivity index (χ4v) is 4.70. The van der Waals surface area contributed by atoms with E-state index < -0.39 is 6.04 Å². The molecule has 0 spiro atoms. The molecule has 36 heavy (non-hydrogen) atoms. The Morgan fingerprint density at radius 3 is 2.31 bits per heavy atom. The number of ether oxygens (including phenoxy) is 1. The first-order valence-electron chi connectivity index (χ1n) is 11.3. The SMILES string of the molecule is CC(C)NC(=O)[C@@H](Cc1ccccc1)N(Cc1ccc(Cl)c(Cl)c1)C(=O)COc1ccc(Cl)cc1Br. The van der Waals surface area contributed by atoms with Crippen LogP contribution in [0.4, 0.5) is 0 Å². The number of hydrogen-bond acceptors (Lipinski definition) is 3. The van der Waals surface area contributed by atoms with Crippen molar-refractivity contribution >= 4 is 62.5 Å². The zero-order valence-electron chi connectivity index (χ0n) is 19.8. The Morgan fingerprint density at radius 1 is 0.944 bits per heavy atom. The van der Waals surface area contributed by atoms with E-state index in [0.29, 0.717) is 31.7 Å². The van der Waals surface area contributed by atoms with Crippen LogP contribution in [-0.2, 0) is 22.6 Å². The maximum Gasteiger partial charge on any atom is 0.261 e. The van der Waals surface area contributed by atoms with Crippen LogP contribution in [0.15, 0.2) is 71.2 Å². The van der Waals surface area contributed by atoms with E-state index in [1.54, 1.807) is 36.4 Å². The molecule has 0 aliphatic heterocycles. The Bertz CT molecular complexity index is 1210. The molecule has 0 aliphatic carbocycles. The van der Waals surface area contributed by atoms with Gasteiger partial charge in [0.25, 0.3) is 5.91 Å². The smallest absolute Gasteiger partial charge is 0.261 e. The quantitative estimate of drug-likeness (QED) is 0.270. The zero-order chi connectivity index (χ0) is 26.2. The molecule has 0 fully saturated rings. The number of carbonyl (C=O) groups excluding carboxylic acids is 2. The first-order chi connectivity index (χ1) is 17.1. The minimum atomic E-state index is -0.783. The number of halogens is 4. The van der Waals surface area contributed by atoms with E-state index in [9.17, 15) is 9.59 Å². The van der Waals surface area contributed by atoms with Gasteiger partial charge in [-0.15, -0.1) is 0 Å². The maximum absolute atomic E-state index is 13.6. The van der Waals surface area contributed by atoms with Crippen LogP contribution in [0.25, 0.3) is 0 Å². The summed E-state index contributed by atoms with van der Waals surface area (Å²) in [6.45, 7) is 3.62. The summed E-state index contributed by atoms with van der Waals surface area (Å²) in [6.07, 6.45) is 0.330. The van der Waals surface area contributed by atoms with Gasteiger partial charge in [0.05, 0.1) is 14.5 Å². The monoisotopic (exact) mass is 610 g/mol. The van der Waals surface area contributed by atoms with Gasteiger partial charge in [0.2, 0.25) is 5.91 Å². The third kappa shape index (κ3) is 8.13. The highest BCUT2D eigenvalue weighted by Gasteiger charge is 2.31. The highest BCUT2D eigenvalue weighted by Crippen LogP contribution is 2.28. The van der Waals surface area contributed by atoms with Gasteiger partial charge in [-0.3, -0.25) is 9.59 Å². The Hall–Kier alpha value is -2.25. The van der Waals surface area contributed by atoms with Crippen molar-refractivity contribution in [1.82, 2.24) is 10.2 Å². The van der Waals surface area contributed by atoms with E-state index in [0.717, 1.165) is 11.1 Å². The van der Waals surface area contributed by atoms with Crippen LogP contribution >= 0.6 is 50.7 Å². The number of carbonyl (C=O) groups is 2. The van der Waals surface area contributed by atoms with E-state index in [1.807, 2.05) is 44.2 Å². The fourth-order valence-electron chi connectivity index (χ4n) is 3.58. The fraction of sp³-hybridized carbons (Fsp3) is 0.259. The van der Waals surface area contributed by atoms with Crippen LogP contribution in [0, 0.1) is 0 Å². The molecule has 2 amide bonds. The van der Waals surface area contributed by atoms with Gasteiger partial charge in [-0.1, -0.05) is 71.2 Å². The zero-order valence-corrected chi connectivity index (χ0v) is 23.7. The largest absolute Gasteiger partial charge is 0.483 e. The van der Waals surface area contributed by atoms with E-state index in [4.69, 9.17) is 39.5 Å². The van der Waals surface area contributed by atoms with Crippen LogP contribution in [-0.4, -0.2) is 35.4 Å². The predicted molar refractivity (Wildman–Crippen MR) is 149 cm³/mol. The standard InChI is InChI=1S/C27H26BrCl3N2O3/c1-17(2)32-27(35)24(13-18-6-4-3-5-7-18)33(15-19-8-10-22(30)23(31)12-19)26(34)16-36-25-11-9-20(29)14-21(25)28/h3-12,14,17,24H,13,15-16H2,1-2H3,(H,32,35)/t24-/m1/s1. The lowest BCUT2D eigenvalue weighted by molar-refractivity contribution is -0.143. The molecule has 0 radical (unpaired) electrons. The van der Waals surface area contributed by atoms with Crippen molar-refractivity contribution in [3.8, 4) is 5.75 Å². The van der Waals surface area contributed by atoms with E-state index in [-0.39, 0.29) is 31.0 Å². The van der Waals surface area contributed by atoms with Crippen molar-refractivity contribution in [2.45, 2.75) is 38.9 Å². The van der Waals surface area contributed by atoms with Gasteiger partial charge in [0.1, 0.15) is 11.8 Å². The second-order valence-electron chi connectivity index (χ2n) is 8.50. The lowest BCUT2D eigenvalue weighted by Gasteiger charge is -2.32. The van der Waals surface area contributed by atoms with Crippen molar-refractivity contribution in [3.63, 3.8) is 0 Å². The second-order valence-corrected chi connectivity index (χ2v) is 10.6. The summed E-state index contributed by atoms with van der Waals surface area (Å²) in [4.78, 5) is 28.5. The average molecular weight is 613 g/mol. The first kappa shape index (κ1) is 28.3. The minimum Gasteiger partial charge on any atom is -0.483 e. The summed E-state index contributed by atoms with van der Waals surface area (Å²) < 4.78 is 6.42. The highest BCUT2D eigenvalue weighted by atomic mass is 79.9. The summed E-state index contributed by atoms with van der Waals surface area (Å²) in [5.74, 6) is -0.147. The van der Waals surface area contributed by atoms with Crippen molar-refractivity contribution in [1.29, 1.82) is 0 Å². The molecule has 190 valence electrons. The number of hydrogen-bond donors (Lipinski definition) is 1. The molecule has 0 saturated carbocycles. The lowest BCUT2D eigenvalue weighted by atomic mass is 10.0. The van der Waals surface area contributed by atoms with E-state index in [1.165, 1.54) is 4.90 Å². The van der Waals surface area contributed by atoms with Gasteiger partial charge in [-0.05, 0) is 71.2 Å². The molecule has 5 nitrogen and oxygen atoms in total. The van der Waals surface area contributed by atoms with Gasteiger partial charge in [-0.25, -0.2) is 0 Å². The Labute approximate surface area is 234 Å². The molecule has 3 aromatic rings. The molecule has 1 N–H and O–H groups in total. The van der Waals surface area contributed by atoms with Gasteiger partial charge in [-0.2, -0.15) is 0 Å². The summed E-state index contributed by atoms with van der Waals surface area (Å²) in [5, 5.41) is 4.27. The summed E-state index contributed by atoms with van der Waals surface area (Å²) in [5.41, 5.74) is 1.66. The molecule has 0 aromatic heterocycles. The molecule has 9 heteroatoms. The Morgan fingerprint density at radius 2 is 1.67 bits per heavy atom. The highest BCUT2D eigenvalue weighted by molar-refractivity contribution is 9.10. The number of benzene rings is 3. The normalized spacial score (nSPS) is 11.8. The Balaban J connectivity index is 1.94. The predicted octanol–water partition coefficient (Wildman–Crippen LogP) is 6.95. The number of amides is 2. The van der Waals surface area contributed by atoms with Crippen molar-refractivity contribution in [2.24, 2.45) is 0 Å². The van der Waals surface area contributed by atoms with Crippen LogP contribution in [0.3, 0.4) is 0 Å². The molecule has 0 heterocycles. The molecule has 0 unspecified atom stereocenters. The van der Waals surface area contributed by atoms with Crippen LogP contribution < -0.4 is 10.1 Å². The third-order valence-corrected chi connectivity index (χ3v) is 6.88. The molecule has 1 atom stereocenters. The minimum absolute atomic E-state index is 0.0982. The molecule has 3 rings (SSSR count). The third-order valence-electron chi connectivity index (χ3n) is 5.28. The van der Waals surface area contributed by atoms with Crippen molar-refractivity contribution in [3.05, 3.63) is 97.4 Å². The van der Waals surface area contributed by atoms with Gasteiger partial charge in [0.15, 0.2) is 6.61 Å². The summed E-state index contributed by atoms with van der Waals surface area (Å²) in [7, 11) is 0. The topological polar surface area (TPSA) is 58.6 Å². The first-order valence-corrected chi connectivity index (χ1v) is 13.2. The molecular weight excluding hydrogens is 587 g/mol. The lowest BCUT2D eigenvalue weighted by Crippen LogP contribution is -2.52. The number of rotatable bonds is 10. The molecule has 0 saturated heterocycles. The number of nitrogens with one attached hydrogen (secondary N) is 1. The van der Waals surface area contributed by atoms with Crippen LogP contribution in [0.2, 0.25) is 15.1 Å². The molecular formula is C27H26BrCl3N2O3. The van der Waals surface area contributed by atoms with Gasteiger partial charge in [0, 0.05) is 24.0 Å². The van der Waals surface area contributed by atoms with Gasteiger partial charge < -0.3 is 15.0 Å². The molecule has 0 bridgehead atoms. The van der Waals surface area contributed by atoms with Crippen LogP contribution in [0.5, 0.6) is 5.75 Å². The van der Waals surface area contributed by atoms with E-state index >= 15 is 0 Å². The Kier molecular flexibility index (Phi) is 10.5. The summed E-state index contributed by atoms with van der Waals surface area (Å²) >= 11 is 21.7. The van der Waals surface area contributed by atoms with Crippen molar-refractivity contribution in [2.75, 3.05) is 6.61 Å². The van der Waals surface area contributed by atoms with Crippen LogP contribution in [0.1, 0.15) is 25.0 Å². The maximum atomic E-state index is 13.6. The van der Waals surface area contributed by atoms with E-state index in [2.05, 4.69) is 21.2 Å².